The van der Waals surface area contributed by atoms with Crippen LogP contribution in [0.3, 0.4) is 0 Å². The van der Waals surface area contributed by atoms with Crippen LogP contribution >= 0.6 is 0 Å². The smallest absolute Gasteiger partial charge is 0.222 e. The van der Waals surface area contributed by atoms with Crippen molar-refractivity contribution in [2.75, 3.05) is 38.2 Å². The molecule has 1 aliphatic rings. The molecule has 0 saturated carbocycles. The van der Waals surface area contributed by atoms with E-state index in [1.165, 1.54) is 10.7 Å². The molecule has 0 bridgehead atoms. The Morgan fingerprint density at radius 1 is 0.949 bits per heavy atom. The van der Waals surface area contributed by atoms with Gasteiger partial charge in [-0.15, -0.1) is 0 Å². The number of hydrogen-bond acceptors (Lipinski definition) is 8. The second-order valence-electron chi connectivity index (χ2n) is 9.47. The Morgan fingerprint density at radius 2 is 1.79 bits per heavy atom. The number of hydrogen-bond donors (Lipinski definition) is 0. The fraction of sp³-hybridized carbons (Fsp3) is 0.250. The number of fused-ring (bicyclic) bond motifs is 1. The molecule has 5 aromatic rings. The maximum Gasteiger partial charge on any atom is 0.222 e. The van der Waals surface area contributed by atoms with Crippen LogP contribution in [0.5, 0.6) is 5.88 Å². The van der Waals surface area contributed by atoms with Gasteiger partial charge in [0.2, 0.25) is 11.8 Å². The van der Waals surface area contributed by atoms with E-state index in [1.807, 2.05) is 30.5 Å². The Balaban J connectivity index is 1.23. The zero-order chi connectivity index (χ0) is 26.9. The topological polar surface area (TPSA) is 100 Å². The average molecular weight is 524 g/mol. The molecule has 0 atom stereocenters. The second-order valence-corrected chi connectivity index (χ2v) is 9.47. The molecule has 6 rings (SSSR count). The Kier molecular flexibility index (Phi) is 6.38. The molecule has 6 heterocycles. The summed E-state index contributed by atoms with van der Waals surface area (Å²) in [6.45, 7) is 4.35. The van der Waals surface area contributed by atoms with E-state index >= 15 is 4.39 Å². The molecule has 0 spiro atoms. The lowest BCUT2D eigenvalue weighted by molar-refractivity contribution is 0.249. The lowest BCUT2D eigenvalue weighted by atomic mass is 10.0. The summed E-state index contributed by atoms with van der Waals surface area (Å²) in [5, 5.41) is 18.0. The van der Waals surface area contributed by atoms with Gasteiger partial charge in [-0.3, -0.25) is 9.58 Å². The van der Waals surface area contributed by atoms with Gasteiger partial charge in [0.1, 0.15) is 11.9 Å². The van der Waals surface area contributed by atoms with E-state index in [4.69, 9.17) is 9.72 Å². The van der Waals surface area contributed by atoms with Gasteiger partial charge in [-0.05, 0) is 23.8 Å². The van der Waals surface area contributed by atoms with E-state index in [1.54, 1.807) is 43.5 Å². The number of pyridine rings is 3. The number of nitrogens with zero attached hydrogens (tertiary/aromatic N) is 9. The SMILES string of the molecule is COc1ccc(CN2CCN(c3ccc(-c4cc(-c5cnn(C)c5)c(F)n5ncc(C#N)c45)cn3)CC2)cn1. The van der Waals surface area contributed by atoms with Crippen molar-refractivity contribution in [3.63, 3.8) is 0 Å². The monoisotopic (exact) mass is 523 g/mol. The third-order valence-corrected chi connectivity index (χ3v) is 7.03. The Bertz CT molecular complexity index is 1660. The van der Waals surface area contributed by atoms with Crippen molar-refractivity contribution in [3.05, 3.63) is 78.4 Å². The first-order chi connectivity index (χ1) is 19.0. The van der Waals surface area contributed by atoms with Crippen LogP contribution < -0.4 is 9.64 Å². The minimum absolute atomic E-state index is 0.300. The van der Waals surface area contributed by atoms with E-state index in [-0.39, 0.29) is 0 Å². The van der Waals surface area contributed by atoms with Gasteiger partial charge in [0.15, 0.2) is 0 Å². The summed E-state index contributed by atoms with van der Waals surface area (Å²) in [5.41, 5.74) is 4.30. The van der Waals surface area contributed by atoms with Crippen LogP contribution in [0.25, 0.3) is 27.8 Å². The van der Waals surface area contributed by atoms with Crippen molar-refractivity contribution >= 4 is 11.3 Å². The van der Waals surface area contributed by atoms with Crippen molar-refractivity contribution in [1.29, 1.82) is 5.26 Å². The predicted octanol–water partition coefficient (Wildman–Crippen LogP) is 3.53. The summed E-state index contributed by atoms with van der Waals surface area (Å²) in [5.74, 6) is 0.949. The van der Waals surface area contributed by atoms with Crippen LogP contribution in [0.15, 0.2) is 61.3 Å². The molecule has 0 N–H and O–H groups in total. The minimum atomic E-state index is -0.545. The Labute approximate surface area is 224 Å². The molecular weight excluding hydrogens is 497 g/mol. The van der Waals surface area contributed by atoms with Gasteiger partial charge in [-0.2, -0.15) is 19.8 Å². The van der Waals surface area contributed by atoms with E-state index < -0.39 is 5.95 Å². The number of piperazine rings is 1. The zero-order valence-electron chi connectivity index (χ0n) is 21.6. The Hall–Kier alpha value is -4.82. The molecule has 5 aromatic heterocycles. The average Bonchev–Trinajstić information content (AvgIpc) is 3.61. The number of aromatic nitrogens is 6. The van der Waals surface area contributed by atoms with Crippen LogP contribution in [0, 0.1) is 17.3 Å². The van der Waals surface area contributed by atoms with Gasteiger partial charge in [-0.25, -0.2) is 14.5 Å². The van der Waals surface area contributed by atoms with Crippen molar-refractivity contribution in [2.24, 2.45) is 7.05 Å². The molecule has 0 radical (unpaired) electrons. The van der Waals surface area contributed by atoms with Crippen LogP contribution in [0.4, 0.5) is 10.2 Å². The third-order valence-electron chi connectivity index (χ3n) is 7.03. The molecule has 196 valence electrons. The summed E-state index contributed by atoms with van der Waals surface area (Å²) in [6, 6.07) is 11.7. The highest BCUT2D eigenvalue weighted by atomic mass is 19.1. The molecule has 1 fully saturated rings. The summed E-state index contributed by atoms with van der Waals surface area (Å²) in [7, 11) is 3.39. The highest BCUT2D eigenvalue weighted by molar-refractivity contribution is 5.87. The summed E-state index contributed by atoms with van der Waals surface area (Å²) in [4.78, 5) is 13.7. The molecule has 0 aromatic carbocycles. The molecule has 1 saturated heterocycles. The number of ether oxygens (including phenoxy) is 1. The third kappa shape index (κ3) is 4.66. The van der Waals surface area contributed by atoms with Gasteiger partial charge >= 0.3 is 0 Å². The van der Waals surface area contributed by atoms with E-state index in [2.05, 4.69) is 31.1 Å². The molecule has 39 heavy (non-hydrogen) atoms. The second kappa shape index (κ2) is 10.2. The standard InChI is InChI=1S/C28H26FN9O/c1-35-18-22(16-33-35)24-11-23(27-21(12-30)15-34-38(27)28(24)29)20-4-5-25(31-14-20)37-9-7-36(8-10-37)17-19-3-6-26(39-2)32-13-19/h3-6,11,13-16,18H,7-10,17H2,1-2H3. The van der Waals surface area contributed by atoms with Crippen LogP contribution in [-0.2, 0) is 13.6 Å². The fourth-order valence-corrected chi connectivity index (χ4v) is 4.96. The first kappa shape index (κ1) is 24.5. The molecule has 1 aliphatic heterocycles. The number of anilines is 1. The minimum Gasteiger partial charge on any atom is -0.481 e. The number of methoxy groups -OCH3 is 1. The van der Waals surface area contributed by atoms with Crippen LogP contribution in [0.2, 0.25) is 0 Å². The summed E-state index contributed by atoms with van der Waals surface area (Å²) in [6.07, 6.45) is 8.37. The van der Waals surface area contributed by atoms with E-state index in [9.17, 15) is 5.26 Å². The van der Waals surface area contributed by atoms with E-state index in [0.717, 1.165) is 49.7 Å². The van der Waals surface area contributed by atoms with Crippen LogP contribution in [-0.4, -0.2) is 67.6 Å². The van der Waals surface area contributed by atoms with Crippen LogP contribution in [0.1, 0.15) is 11.1 Å². The summed E-state index contributed by atoms with van der Waals surface area (Å²) < 4.78 is 23.4. The first-order valence-corrected chi connectivity index (χ1v) is 12.6. The Morgan fingerprint density at radius 3 is 2.44 bits per heavy atom. The van der Waals surface area contributed by atoms with Gasteiger partial charge in [-0.1, -0.05) is 6.07 Å². The molecular formula is C28H26FN9O. The number of aryl methyl sites for hydroxylation is 1. The maximum absolute atomic E-state index is 15.4. The molecule has 0 unspecified atom stereocenters. The number of rotatable bonds is 6. The van der Waals surface area contributed by atoms with Crippen molar-refractivity contribution in [2.45, 2.75) is 6.54 Å². The molecule has 0 aliphatic carbocycles. The molecule has 10 nitrogen and oxygen atoms in total. The van der Waals surface area contributed by atoms with Crippen molar-refractivity contribution in [1.82, 2.24) is 34.3 Å². The summed E-state index contributed by atoms with van der Waals surface area (Å²) >= 11 is 0. The molecule has 0 amide bonds. The van der Waals surface area contributed by atoms with Gasteiger partial charge in [0.05, 0.1) is 30.6 Å². The zero-order valence-corrected chi connectivity index (χ0v) is 21.6. The lowest BCUT2D eigenvalue weighted by Crippen LogP contribution is -2.46. The normalized spacial score (nSPS) is 14.1. The van der Waals surface area contributed by atoms with Crippen molar-refractivity contribution < 1.29 is 9.13 Å². The number of nitriles is 1. The number of halogens is 1. The highest BCUT2D eigenvalue weighted by Gasteiger charge is 2.22. The van der Waals surface area contributed by atoms with Gasteiger partial charge in [0, 0.05) is 86.7 Å². The van der Waals surface area contributed by atoms with Crippen molar-refractivity contribution in [3.8, 4) is 34.2 Å². The predicted molar refractivity (Wildman–Crippen MR) is 144 cm³/mol. The lowest BCUT2D eigenvalue weighted by Gasteiger charge is -2.35. The largest absolute Gasteiger partial charge is 0.481 e. The fourth-order valence-electron chi connectivity index (χ4n) is 4.96. The quantitative estimate of drug-likeness (QED) is 0.312. The first-order valence-electron chi connectivity index (χ1n) is 12.6. The molecule has 11 heteroatoms. The maximum atomic E-state index is 15.4. The van der Waals surface area contributed by atoms with Gasteiger partial charge in [0.25, 0.3) is 0 Å². The van der Waals surface area contributed by atoms with E-state index in [0.29, 0.717) is 33.7 Å². The van der Waals surface area contributed by atoms with Gasteiger partial charge < -0.3 is 9.64 Å². The highest BCUT2D eigenvalue weighted by Crippen LogP contribution is 2.34.